The van der Waals surface area contributed by atoms with E-state index in [4.69, 9.17) is 5.11 Å². The van der Waals surface area contributed by atoms with Crippen molar-refractivity contribution in [2.45, 2.75) is 38.5 Å². The first-order chi connectivity index (χ1) is 9.72. The molecule has 0 radical (unpaired) electrons. The van der Waals surface area contributed by atoms with E-state index in [0.717, 1.165) is 38.4 Å². The molecular formula is C13H24N2O5S. The summed E-state index contributed by atoms with van der Waals surface area (Å²) in [7, 11) is -3.10. The number of carboxylic acid groups (broad SMARTS) is 1. The molecule has 8 heteroatoms. The molecule has 0 bridgehead atoms. The molecule has 0 aromatic carbocycles. The largest absolute Gasteiger partial charge is 0.481 e. The molecule has 0 aliphatic heterocycles. The van der Waals surface area contributed by atoms with Crippen molar-refractivity contribution in [3.05, 3.63) is 0 Å². The normalized spacial score (nSPS) is 18.0. The minimum atomic E-state index is -3.10. The van der Waals surface area contributed by atoms with Crippen LogP contribution in [0.2, 0.25) is 0 Å². The van der Waals surface area contributed by atoms with Gasteiger partial charge in [0.1, 0.15) is 9.84 Å². The summed E-state index contributed by atoms with van der Waals surface area (Å²) in [6, 6.07) is -0.450. The number of amides is 2. The van der Waals surface area contributed by atoms with Crippen molar-refractivity contribution < 1.29 is 23.1 Å². The molecule has 1 fully saturated rings. The van der Waals surface area contributed by atoms with Crippen LogP contribution >= 0.6 is 0 Å². The third kappa shape index (κ3) is 7.31. The molecule has 0 aromatic rings. The number of hydrogen-bond donors (Lipinski definition) is 3. The van der Waals surface area contributed by atoms with Crippen molar-refractivity contribution in [3.63, 3.8) is 0 Å². The molecule has 0 aromatic heterocycles. The van der Waals surface area contributed by atoms with Crippen LogP contribution in [0.1, 0.15) is 38.5 Å². The number of urea groups is 1. The molecule has 0 saturated heterocycles. The van der Waals surface area contributed by atoms with Crippen molar-refractivity contribution in [2.24, 2.45) is 5.41 Å². The Bertz CT molecular complexity index is 469. The molecule has 0 atom stereocenters. The van der Waals surface area contributed by atoms with Crippen LogP contribution in [0.3, 0.4) is 0 Å². The number of carboxylic acids is 1. The Morgan fingerprint density at radius 3 is 2.29 bits per heavy atom. The summed E-state index contributed by atoms with van der Waals surface area (Å²) in [6.45, 7) is 0.362. The molecule has 1 aliphatic carbocycles. The van der Waals surface area contributed by atoms with Gasteiger partial charge in [0.2, 0.25) is 0 Å². The second-order valence-corrected chi connectivity index (χ2v) is 8.13. The van der Waals surface area contributed by atoms with E-state index in [1.165, 1.54) is 0 Å². The molecule has 1 aliphatic rings. The van der Waals surface area contributed by atoms with E-state index in [1.54, 1.807) is 0 Å². The van der Waals surface area contributed by atoms with Gasteiger partial charge < -0.3 is 15.7 Å². The second-order valence-electron chi connectivity index (χ2n) is 5.87. The lowest BCUT2D eigenvalue weighted by atomic mass is 9.72. The molecular weight excluding hydrogens is 296 g/mol. The van der Waals surface area contributed by atoms with Gasteiger partial charge in [0.05, 0.1) is 12.2 Å². The predicted molar refractivity (Wildman–Crippen MR) is 78.9 cm³/mol. The molecule has 0 unspecified atom stereocenters. The maximum absolute atomic E-state index is 11.6. The van der Waals surface area contributed by atoms with Crippen molar-refractivity contribution in [1.29, 1.82) is 0 Å². The van der Waals surface area contributed by atoms with E-state index in [-0.39, 0.29) is 24.1 Å². The lowest BCUT2D eigenvalue weighted by Crippen LogP contribution is -2.45. The van der Waals surface area contributed by atoms with E-state index in [9.17, 15) is 18.0 Å². The second kappa shape index (κ2) is 7.63. The van der Waals surface area contributed by atoms with Crippen molar-refractivity contribution in [2.75, 3.05) is 25.1 Å². The fourth-order valence-corrected chi connectivity index (χ4v) is 3.19. The highest BCUT2D eigenvalue weighted by molar-refractivity contribution is 7.90. The van der Waals surface area contributed by atoms with Gasteiger partial charge in [-0.2, -0.15) is 0 Å². The topological polar surface area (TPSA) is 113 Å². The van der Waals surface area contributed by atoms with Crippen LogP contribution in [0, 0.1) is 5.41 Å². The minimum absolute atomic E-state index is 0.0522. The summed E-state index contributed by atoms with van der Waals surface area (Å²) in [4.78, 5) is 22.6. The Morgan fingerprint density at radius 2 is 1.76 bits per heavy atom. The highest BCUT2D eigenvalue weighted by atomic mass is 32.2. The summed E-state index contributed by atoms with van der Waals surface area (Å²) in [5.74, 6) is -0.961. The number of rotatable bonds is 7. The quantitative estimate of drug-likeness (QED) is 0.641. The molecule has 1 saturated carbocycles. The zero-order valence-electron chi connectivity index (χ0n) is 12.4. The zero-order chi connectivity index (χ0) is 15.9. The number of aliphatic carboxylic acids is 1. The molecule has 2 amide bonds. The molecule has 21 heavy (non-hydrogen) atoms. The fraction of sp³-hybridized carbons (Fsp3) is 0.846. The number of carbonyl (C=O) groups is 2. The van der Waals surface area contributed by atoms with Gasteiger partial charge in [0.25, 0.3) is 0 Å². The van der Waals surface area contributed by atoms with Gasteiger partial charge in [0.15, 0.2) is 0 Å². The number of hydrogen-bond acceptors (Lipinski definition) is 4. The van der Waals surface area contributed by atoms with Crippen LogP contribution in [0.25, 0.3) is 0 Å². The first-order valence-corrected chi connectivity index (χ1v) is 9.20. The Hall–Kier alpha value is -1.31. The average Bonchev–Trinajstić information content (AvgIpc) is 2.35. The molecule has 7 nitrogen and oxygen atoms in total. The summed E-state index contributed by atoms with van der Waals surface area (Å²) in [5.41, 5.74) is -0.377. The third-order valence-electron chi connectivity index (χ3n) is 3.82. The van der Waals surface area contributed by atoms with E-state index in [0.29, 0.717) is 6.54 Å². The smallest absolute Gasteiger partial charge is 0.314 e. The number of carbonyl (C=O) groups excluding carboxylic acids is 1. The van der Waals surface area contributed by atoms with E-state index in [2.05, 4.69) is 10.6 Å². The van der Waals surface area contributed by atoms with E-state index >= 15 is 0 Å². The maximum atomic E-state index is 11.6. The Balaban J connectivity index is 2.42. The van der Waals surface area contributed by atoms with Gasteiger partial charge in [-0.25, -0.2) is 13.2 Å². The predicted octanol–water partition coefficient (Wildman–Crippen LogP) is 0.755. The lowest BCUT2D eigenvalue weighted by Gasteiger charge is -2.36. The highest BCUT2D eigenvalue weighted by Crippen LogP contribution is 2.38. The van der Waals surface area contributed by atoms with E-state index in [1.807, 2.05) is 0 Å². The lowest BCUT2D eigenvalue weighted by molar-refractivity contribution is -0.140. The highest BCUT2D eigenvalue weighted by Gasteiger charge is 2.34. The number of nitrogens with one attached hydrogen (secondary N) is 2. The van der Waals surface area contributed by atoms with Crippen molar-refractivity contribution in [1.82, 2.24) is 10.6 Å². The third-order valence-corrected chi connectivity index (χ3v) is 4.77. The van der Waals surface area contributed by atoms with Crippen LogP contribution in [0.5, 0.6) is 0 Å². The summed E-state index contributed by atoms with van der Waals surface area (Å²) >= 11 is 0. The van der Waals surface area contributed by atoms with Crippen molar-refractivity contribution in [3.8, 4) is 0 Å². The van der Waals surface area contributed by atoms with Crippen LogP contribution in [0.15, 0.2) is 0 Å². The standard InChI is InChI=1S/C13H24N2O5S/c1-21(19,20)8-7-14-12(18)15-10-13(9-11(16)17)5-3-2-4-6-13/h2-10H2,1H3,(H,16,17)(H2,14,15,18). The molecule has 1 rings (SSSR count). The summed E-state index contributed by atoms with van der Waals surface area (Å²) in [6.07, 6.45) is 5.80. The number of sulfone groups is 1. The Morgan fingerprint density at radius 1 is 1.14 bits per heavy atom. The Kier molecular flexibility index (Phi) is 6.44. The van der Waals surface area contributed by atoms with Crippen molar-refractivity contribution >= 4 is 21.8 Å². The molecule has 3 N–H and O–H groups in total. The summed E-state index contributed by atoms with van der Waals surface area (Å²) in [5, 5.41) is 14.2. The van der Waals surface area contributed by atoms with Crippen LogP contribution in [-0.2, 0) is 14.6 Å². The van der Waals surface area contributed by atoms with Gasteiger partial charge in [-0.1, -0.05) is 19.3 Å². The first kappa shape index (κ1) is 17.7. The van der Waals surface area contributed by atoms with Crippen LogP contribution in [0.4, 0.5) is 4.79 Å². The van der Waals surface area contributed by atoms with E-state index < -0.39 is 21.8 Å². The van der Waals surface area contributed by atoms with Crippen LogP contribution < -0.4 is 10.6 Å². The van der Waals surface area contributed by atoms with Gasteiger partial charge in [-0.05, 0) is 18.3 Å². The van der Waals surface area contributed by atoms with Crippen LogP contribution in [-0.4, -0.2) is 50.6 Å². The molecule has 0 heterocycles. The zero-order valence-corrected chi connectivity index (χ0v) is 13.2. The monoisotopic (exact) mass is 320 g/mol. The van der Waals surface area contributed by atoms with Gasteiger partial charge in [-0.3, -0.25) is 4.79 Å². The Labute approximate surface area is 125 Å². The molecule has 0 spiro atoms. The SMILES string of the molecule is CS(=O)(=O)CCNC(=O)NCC1(CC(=O)O)CCCCC1. The maximum Gasteiger partial charge on any atom is 0.314 e. The average molecular weight is 320 g/mol. The summed E-state index contributed by atoms with van der Waals surface area (Å²) < 4.78 is 21.9. The van der Waals surface area contributed by atoms with Gasteiger partial charge in [-0.15, -0.1) is 0 Å². The van der Waals surface area contributed by atoms with Gasteiger partial charge >= 0.3 is 12.0 Å². The van der Waals surface area contributed by atoms with Gasteiger partial charge in [0, 0.05) is 19.3 Å². The molecule has 122 valence electrons. The minimum Gasteiger partial charge on any atom is -0.481 e. The fourth-order valence-electron chi connectivity index (χ4n) is 2.72. The first-order valence-electron chi connectivity index (χ1n) is 7.14.